The molecular formula is C22H20N4O3S2. The quantitative estimate of drug-likeness (QED) is 0.469. The summed E-state index contributed by atoms with van der Waals surface area (Å²) < 4.78 is 27.6. The summed E-state index contributed by atoms with van der Waals surface area (Å²) in [6, 6.07) is 17.5. The average Bonchev–Trinajstić information content (AvgIpc) is 3.53. The van der Waals surface area contributed by atoms with Gasteiger partial charge in [0.1, 0.15) is 10.0 Å². The van der Waals surface area contributed by atoms with Crippen LogP contribution in [0.5, 0.6) is 0 Å². The Bertz CT molecular complexity index is 1300. The molecule has 31 heavy (non-hydrogen) atoms. The largest absolute Gasteiger partial charge is 0.340 e. The first-order chi connectivity index (χ1) is 15.0. The van der Waals surface area contributed by atoms with E-state index in [2.05, 4.69) is 14.7 Å². The lowest BCUT2D eigenvalue weighted by atomic mass is 10.1. The Labute approximate surface area is 183 Å². The molecule has 1 amide bonds. The van der Waals surface area contributed by atoms with Crippen LogP contribution in [0.2, 0.25) is 0 Å². The molecule has 0 saturated carbocycles. The first-order valence-corrected chi connectivity index (χ1v) is 12.3. The second-order valence-corrected chi connectivity index (χ2v) is 10.3. The SMILES string of the molecule is O=C(c1ccc(NS(=O)(=O)c2cccs2)cc1)N1CCC[C@@H]1c1nc2ccccc2[nH]1. The van der Waals surface area contributed by atoms with Gasteiger partial charge in [0.25, 0.3) is 15.9 Å². The molecule has 1 aliphatic rings. The van der Waals surface area contributed by atoms with Crippen molar-refractivity contribution < 1.29 is 13.2 Å². The highest BCUT2D eigenvalue weighted by molar-refractivity contribution is 7.94. The molecule has 2 aromatic heterocycles. The number of sulfonamides is 1. The number of rotatable bonds is 5. The van der Waals surface area contributed by atoms with Crippen LogP contribution in [0.3, 0.4) is 0 Å². The summed E-state index contributed by atoms with van der Waals surface area (Å²) >= 11 is 1.15. The number of nitrogens with one attached hydrogen (secondary N) is 2. The average molecular weight is 453 g/mol. The summed E-state index contributed by atoms with van der Waals surface area (Å²) in [4.78, 5) is 23.0. The Kier molecular flexibility index (Phi) is 4.99. The van der Waals surface area contributed by atoms with Crippen LogP contribution < -0.4 is 4.72 Å². The van der Waals surface area contributed by atoms with Crippen LogP contribution in [0.1, 0.15) is 35.1 Å². The second kappa shape index (κ2) is 7.82. The number of benzene rings is 2. The number of nitrogens with zero attached hydrogens (tertiary/aromatic N) is 2. The van der Waals surface area contributed by atoms with E-state index in [1.54, 1.807) is 41.8 Å². The van der Waals surface area contributed by atoms with Crippen molar-refractivity contribution in [3.05, 3.63) is 77.4 Å². The summed E-state index contributed by atoms with van der Waals surface area (Å²) in [7, 11) is -3.62. The standard InChI is InChI=1S/C22H20N4O3S2/c27-22(15-9-11-16(12-10-15)25-31(28,29)20-8-4-14-30-20)26-13-3-7-19(26)21-23-17-5-1-2-6-18(17)24-21/h1-2,4-6,8-12,14,19,25H,3,7,13H2,(H,23,24)/t19-/m1/s1. The predicted octanol–water partition coefficient (Wildman–Crippen LogP) is 4.40. The number of likely N-dealkylation sites (tertiary alicyclic amines) is 1. The number of anilines is 1. The molecule has 4 aromatic rings. The molecule has 1 atom stereocenters. The van der Waals surface area contributed by atoms with Gasteiger partial charge >= 0.3 is 0 Å². The minimum absolute atomic E-state index is 0.0874. The monoisotopic (exact) mass is 452 g/mol. The van der Waals surface area contributed by atoms with Gasteiger partial charge in [-0.1, -0.05) is 18.2 Å². The van der Waals surface area contributed by atoms with Crippen molar-refractivity contribution in [2.75, 3.05) is 11.3 Å². The third-order valence-corrected chi connectivity index (χ3v) is 8.16. The zero-order valence-corrected chi connectivity index (χ0v) is 18.1. The Morgan fingerprint density at radius 3 is 2.65 bits per heavy atom. The molecule has 0 unspecified atom stereocenters. The number of carbonyl (C=O) groups is 1. The highest BCUT2D eigenvalue weighted by Gasteiger charge is 2.32. The first kappa shape index (κ1) is 19.8. The normalized spacial score (nSPS) is 16.6. The lowest BCUT2D eigenvalue weighted by molar-refractivity contribution is 0.0730. The van der Waals surface area contributed by atoms with Crippen LogP contribution in [-0.2, 0) is 10.0 Å². The molecule has 2 aromatic carbocycles. The van der Waals surface area contributed by atoms with Gasteiger partial charge in [-0.15, -0.1) is 11.3 Å². The number of hydrogen-bond donors (Lipinski definition) is 2. The lowest BCUT2D eigenvalue weighted by Crippen LogP contribution is -2.31. The lowest BCUT2D eigenvalue weighted by Gasteiger charge is -2.23. The maximum Gasteiger partial charge on any atom is 0.271 e. The van der Waals surface area contributed by atoms with Gasteiger partial charge in [-0.3, -0.25) is 9.52 Å². The fraction of sp³-hybridized carbons (Fsp3) is 0.182. The number of carbonyl (C=O) groups excluding carboxylic acids is 1. The number of hydrogen-bond acceptors (Lipinski definition) is 5. The molecule has 1 fully saturated rings. The molecule has 9 heteroatoms. The van der Waals surface area contributed by atoms with E-state index in [9.17, 15) is 13.2 Å². The summed E-state index contributed by atoms with van der Waals surface area (Å²) in [5, 5.41) is 1.71. The van der Waals surface area contributed by atoms with Gasteiger partial charge in [-0.25, -0.2) is 13.4 Å². The number of para-hydroxylation sites is 2. The van der Waals surface area contributed by atoms with Gasteiger partial charge in [-0.05, 0) is 60.7 Å². The molecule has 5 rings (SSSR count). The molecule has 158 valence electrons. The molecule has 7 nitrogen and oxygen atoms in total. The molecular weight excluding hydrogens is 432 g/mol. The zero-order valence-electron chi connectivity index (χ0n) is 16.5. The minimum Gasteiger partial charge on any atom is -0.340 e. The Hall–Kier alpha value is -3.17. The highest BCUT2D eigenvalue weighted by atomic mass is 32.2. The third kappa shape index (κ3) is 3.82. The van der Waals surface area contributed by atoms with E-state index in [0.717, 1.165) is 41.0 Å². The van der Waals surface area contributed by atoms with E-state index in [-0.39, 0.29) is 16.2 Å². The van der Waals surface area contributed by atoms with E-state index < -0.39 is 10.0 Å². The van der Waals surface area contributed by atoms with Crippen LogP contribution in [0.15, 0.2) is 70.3 Å². The van der Waals surface area contributed by atoms with Crippen molar-refractivity contribution in [2.45, 2.75) is 23.1 Å². The number of imidazole rings is 1. The zero-order chi connectivity index (χ0) is 21.4. The fourth-order valence-electron chi connectivity index (χ4n) is 3.89. The predicted molar refractivity (Wildman–Crippen MR) is 121 cm³/mol. The van der Waals surface area contributed by atoms with Gasteiger partial charge in [0, 0.05) is 17.8 Å². The summed E-state index contributed by atoms with van der Waals surface area (Å²) in [5.74, 6) is 0.711. The third-order valence-electron chi connectivity index (χ3n) is 5.38. The van der Waals surface area contributed by atoms with Crippen LogP contribution in [0.25, 0.3) is 11.0 Å². The van der Waals surface area contributed by atoms with Crippen molar-refractivity contribution in [1.82, 2.24) is 14.9 Å². The van der Waals surface area contributed by atoms with Crippen LogP contribution >= 0.6 is 11.3 Å². The van der Waals surface area contributed by atoms with E-state index in [1.165, 1.54) is 0 Å². The highest BCUT2D eigenvalue weighted by Crippen LogP contribution is 2.33. The molecule has 3 heterocycles. The van der Waals surface area contributed by atoms with Crippen LogP contribution in [-0.4, -0.2) is 35.7 Å². The topological polar surface area (TPSA) is 95.2 Å². The number of amides is 1. The molecule has 0 bridgehead atoms. The van der Waals surface area contributed by atoms with Gasteiger partial charge < -0.3 is 9.88 Å². The van der Waals surface area contributed by atoms with Crippen molar-refractivity contribution in [3.63, 3.8) is 0 Å². The van der Waals surface area contributed by atoms with E-state index in [1.807, 2.05) is 29.2 Å². The number of fused-ring (bicyclic) bond motifs is 1. The smallest absolute Gasteiger partial charge is 0.271 e. The summed E-state index contributed by atoms with van der Waals surface area (Å²) in [6.45, 7) is 0.660. The first-order valence-electron chi connectivity index (χ1n) is 9.93. The molecule has 0 aliphatic carbocycles. The number of aromatic nitrogens is 2. The van der Waals surface area contributed by atoms with Gasteiger partial charge in [0.2, 0.25) is 0 Å². The van der Waals surface area contributed by atoms with E-state index >= 15 is 0 Å². The summed E-state index contributed by atoms with van der Waals surface area (Å²) in [6.07, 6.45) is 1.76. The van der Waals surface area contributed by atoms with Crippen molar-refractivity contribution in [1.29, 1.82) is 0 Å². The minimum atomic E-state index is -3.62. The summed E-state index contributed by atoms with van der Waals surface area (Å²) in [5.41, 5.74) is 2.78. The van der Waals surface area contributed by atoms with Gasteiger partial charge in [0.05, 0.1) is 17.1 Å². The van der Waals surface area contributed by atoms with Gasteiger partial charge in [0.15, 0.2) is 0 Å². The maximum absolute atomic E-state index is 13.2. The number of aromatic amines is 1. The van der Waals surface area contributed by atoms with E-state index in [4.69, 9.17) is 0 Å². The van der Waals surface area contributed by atoms with Crippen molar-refractivity contribution >= 4 is 44.0 Å². The number of thiophene rings is 1. The van der Waals surface area contributed by atoms with Crippen molar-refractivity contribution in [3.8, 4) is 0 Å². The van der Waals surface area contributed by atoms with Crippen LogP contribution in [0, 0.1) is 0 Å². The molecule has 1 aliphatic heterocycles. The molecule has 0 spiro atoms. The van der Waals surface area contributed by atoms with Gasteiger partial charge in [-0.2, -0.15) is 0 Å². The fourth-order valence-corrected chi connectivity index (χ4v) is 5.94. The number of H-pyrrole nitrogens is 1. The Morgan fingerprint density at radius 1 is 1.10 bits per heavy atom. The second-order valence-electron chi connectivity index (χ2n) is 7.41. The van der Waals surface area contributed by atoms with Crippen molar-refractivity contribution in [2.24, 2.45) is 0 Å². The Balaban J connectivity index is 1.34. The van der Waals surface area contributed by atoms with Crippen LogP contribution in [0.4, 0.5) is 5.69 Å². The molecule has 2 N–H and O–H groups in total. The molecule has 0 radical (unpaired) electrons. The molecule has 1 saturated heterocycles. The Morgan fingerprint density at radius 2 is 1.90 bits per heavy atom. The maximum atomic E-state index is 13.2. The van der Waals surface area contributed by atoms with E-state index in [0.29, 0.717) is 17.8 Å².